The monoisotopic (exact) mass is 306 g/mol. The van der Waals surface area contributed by atoms with E-state index in [0.29, 0.717) is 6.42 Å². The van der Waals surface area contributed by atoms with Crippen molar-refractivity contribution in [2.24, 2.45) is 5.92 Å². The third kappa shape index (κ3) is 6.30. The van der Waals surface area contributed by atoms with Crippen molar-refractivity contribution in [1.29, 1.82) is 0 Å². The van der Waals surface area contributed by atoms with Gasteiger partial charge in [-0.3, -0.25) is 0 Å². The van der Waals surface area contributed by atoms with Crippen LogP contribution in [0.3, 0.4) is 0 Å². The van der Waals surface area contributed by atoms with Gasteiger partial charge in [0, 0.05) is 6.20 Å². The van der Waals surface area contributed by atoms with Gasteiger partial charge in [0.25, 0.3) is 0 Å². The first kappa shape index (κ1) is 17.6. The third-order valence-electron chi connectivity index (χ3n) is 2.89. The molecule has 0 bridgehead atoms. The van der Waals surface area contributed by atoms with Crippen LogP contribution in [0.4, 0.5) is 4.79 Å². The minimum absolute atomic E-state index is 0.175. The number of rotatable bonds is 7. The summed E-state index contributed by atoms with van der Waals surface area (Å²) in [7, 11) is 1.58. The van der Waals surface area contributed by atoms with Gasteiger partial charge in [-0.05, 0) is 36.1 Å². The van der Waals surface area contributed by atoms with Crippen molar-refractivity contribution in [2.45, 2.75) is 26.3 Å². The minimum Gasteiger partial charge on any atom is -0.497 e. The number of amides is 2. The Morgan fingerprint density at radius 3 is 2.68 bits per heavy atom. The van der Waals surface area contributed by atoms with E-state index < -0.39 is 18.0 Å². The Labute approximate surface area is 130 Å². The number of carboxylic acids is 1. The summed E-state index contributed by atoms with van der Waals surface area (Å²) in [6.07, 6.45) is 3.53. The summed E-state index contributed by atoms with van der Waals surface area (Å²) >= 11 is 0. The third-order valence-corrected chi connectivity index (χ3v) is 2.89. The summed E-state index contributed by atoms with van der Waals surface area (Å²) in [6.45, 7) is 3.80. The van der Waals surface area contributed by atoms with Gasteiger partial charge >= 0.3 is 12.0 Å². The lowest BCUT2D eigenvalue weighted by molar-refractivity contribution is -0.139. The fourth-order valence-corrected chi connectivity index (χ4v) is 1.85. The van der Waals surface area contributed by atoms with Crippen molar-refractivity contribution in [3.8, 4) is 5.75 Å². The van der Waals surface area contributed by atoms with Gasteiger partial charge < -0.3 is 20.5 Å². The van der Waals surface area contributed by atoms with Crippen molar-refractivity contribution in [3.63, 3.8) is 0 Å². The Morgan fingerprint density at radius 2 is 2.09 bits per heavy atom. The highest BCUT2D eigenvalue weighted by Gasteiger charge is 2.20. The number of benzene rings is 1. The van der Waals surface area contributed by atoms with Crippen molar-refractivity contribution in [2.75, 3.05) is 7.11 Å². The van der Waals surface area contributed by atoms with Crippen LogP contribution >= 0.6 is 0 Å². The van der Waals surface area contributed by atoms with Crippen LogP contribution in [0.15, 0.2) is 30.5 Å². The van der Waals surface area contributed by atoms with Crippen LogP contribution in [0.25, 0.3) is 6.08 Å². The average Bonchev–Trinajstić information content (AvgIpc) is 2.46. The Balaban J connectivity index is 2.53. The number of hydrogen-bond acceptors (Lipinski definition) is 3. The van der Waals surface area contributed by atoms with Gasteiger partial charge in [-0.2, -0.15) is 0 Å². The molecule has 1 unspecified atom stereocenters. The molecule has 22 heavy (non-hydrogen) atoms. The van der Waals surface area contributed by atoms with E-state index in [-0.39, 0.29) is 5.92 Å². The lowest BCUT2D eigenvalue weighted by atomic mass is 10.0. The van der Waals surface area contributed by atoms with Crippen molar-refractivity contribution in [1.82, 2.24) is 10.6 Å². The molecule has 2 amide bonds. The minimum atomic E-state index is -1.04. The van der Waals surface area contributed by atoms with Crippen LogP contribution in [-0.2, 0) is 4.79 Å². The van der Waals surface area contributed by atoms with Crippen LogP contribution in [0.1, 0.15) is 25.8 Å². The van der Waals surface area contributed by atoms with Crippen molar-refractivity contribution >= 4 is 18.1 Å². The Kier molecular flexibility index (Phi) is 6.95. The standard InChI is InChI=1S/C16H22N2O4/c1-11(2)9-14(15(19)20)18-16(21)17-8-7-12-5-4-6-13(10-12)22-3/h4-8,10-11,14H,9H2,1-3H3,(H,19,20)(H2,17,18,21)/b8-7+. The number of hydrogen-bond donors (Lipinski definition) is 3. The molecule has 1 rings (SSSR count). The molecule has 0 saturated carbocycles. The molecule has 0 aliphatic rings. The predicted molar refractivity (Wildman–Crippen MR) is 84.6 cm³/mol. The number of carbonyl (C=O) groups is 2. The fourth-order valence-electron chi connectivity index (χ4n) is 1.85. The molecule has 0 fully saturated rings. The maximum Gasteiger partial charge on any atom is 0.326 e. The zero-order valence-corrected chi connectivity index (χ0v) is 13.0. The highest BCUT2D eigenvalue weighted by Crippen LogP contribution is 2.13. The van der Waals surface area contributed by atoms with E-state index in [0.717, 1.165) is 11.3 Å². The number of urea groups is 1. The van der Waals surface area contributed by atoms with Crippen LogP contribution in [0.2, 0.25) is 0 Å². The molecule has 1 aromatic carbocycles. The van der Waals surface area contributed by atoms with Gasteiger partial charge in [-0.15, -0.1) is 0 Å². The SMILES string of the molecule is COc1cccc(/C=C/NC(=O)NC(CC(C)C)C(=O)O)c1. The van der Waals surface area contributed by atoms with E-state index in [4.69, 9.17) is 9.84 Å². The smallest absolute Gasteiger partial charge is 0.326 e. The van der Waals surface area contributed by atoms with Gasteiger partial charge in [0.15, 0.2) is 0 Å². The molecule has 1 atom stereocenters. The number of methoxy groups -OCH3 is 1. The number of nitrogens with one attached hydrogen (secondary N) is 2. The molecule has 0 saturated heterocycles. The van der Waals surface area contributed by atoms with Crippen molar-refractivity contribution in [3.05, 3.63) is 36.0 Å². The Morgan fingerprint density at radius 1 is 1.36 bits per heavy atom. The first-order chi connectivity index (χ1) is 10.4. The number of carbonyl (C=O) groups excluding carboxylic acids is 1. The van der Waals surface area contributed by atoms with E-state index >= 15 is 0 Å². The van der Waals surface area contributed by atoms with E-state index in [1.165, 1.54) is 6.20 Å². The maximum absolute atomic E-state index is 11.7. The lowest BCUT2D eigenvalue weighted by Gasteiger charge is -2.15. The van der Waals surface area contributed by atoms with Crippen LogP contribution in [0.5, 0.6) is 5.75 Å². The summed E-state index contributed by atoms with van der Waals surface area (Å²) in [4.78, 5) is 22.8. The summed E-state index contributed by atoms with van der Waals surface area (Å²) in [5, 5.41) is 14.0. The Hall–Kier alpha value is -2.50. The molecule has 0 aromatic heterocycles. The van der Waals surface area contributed by atoms with Gasteiger partial charge in [0.05, 0.1) is 7.11 Å². The number of ether oxygens (including phenoxy) is 1. The molecule has 0 spiro atoms. The van der Waals surface area contributed by atoms with Crippen LogP contribution < -0.4 is 15.4 Å². The lowest BCUT2D eigenvalue weighted by Crippen LogP contribution is -2.45. The fraction of sp³-hybridized carbons (Fsp3) is 0.375. The highest BCUT2D eigenvalue weighted by atomic mass is 16.5. The molecular weight excluding hydrogens is 284 g/mol. The predicted octanol–water partition coefficient (Wildman–Crippen LogP) is 2.46. The molecule has 120 valence electrons. The molecule has 0 aliphatic heterocycles. The van der Waals surface area contributed by atoms with Gasteiger partial charge in [-0.25, -0.2) is 9.59 Å². The average molecular weight is 306 g/mol. The molecule has 3 N–H and O–H groups in total. The summed E-state index contributed by atoms with van der Waals surface area (Å²) in [6, 6.07) is 5.88. The van der Waals surface area contributed by atoms with E-state index in [9.17, 15) is 9.59 Å². The van der Waals surface area contributed by atoms with Crippen molar-refractivity contribution < 1.29 is 19.4 Å². The van der Waals surface area contributed by atoms with E-state index in [2.05, 4.69) is 10.6 Å². The number of aliphatic carboxylic acids is 1. The highest BCUT2D eigenvalue weighted by molar-refractivity contribution is 5.83. The summed E-state index contributed by atoms with van der Waals surface area (Å²) in [5.74, 6) is -0.149. The summed E-state index contributed by atoms with van der Waals surface area (Å²) < 4.78 is 5.10. The zero-order chi connectivity index (χ0) is 16.5. The molecule has 0 radical (unpaired) electrons. The second-order valence-corrected chi connectivity index (χ2v) is 5.25. The molecule has 0 aliphatic carbocycles. The largest absolute Gasteiger partial charge is 0.497 e. The van der Waals surface area contributed by atoms with Crippen LogP contribution in [0, 0.1) is 5.92 Å². The second-order valence-electron chi connectivity index (χ2n) is 5.25. The first-order valence-corrected chi connectivity index (χ1v) is 7.02. The topological polar surface area (TPSA) is 87.7 Å². The quantitative estimate of drug-likeness (QED) is 0.722. The first-order valence-electron chi connectivity index (χ1n) is 7.02. The summed E-state index contributed by atoms with van der Waals surface area (Å²) in [5.41, 5.74) is 0.858. The Bertz CT molecular complexity index is 541. The van der Waals surface area contributed by atoms with Gasteiger partial charge in [0.1, 0.15) is 11.8 Å². The zero-order valence-electron chi connectivity index (χ0n) is 13.0. The van der Waals surface area contributed by atoms with Crippen LogP contribution in [-0.4, -0.2) is 30.3 Å². The molecule has 6 heteroatoms. The van der Waals surface area contributed by atoms with Gasteiger partial charge in [0.2, 0.25) is 0 Å². The molecular formula is C16H22N2O4. The molecule has 0 heterocycles. The van der Waals surface area contributed by atoms with Gasteiger partial charge in [-0.1, -0.05) is 26.0 Å². The molecule has 1 aromatic rings. The number of carboxylic acid groups (broad SMARTS) is 1. The van der Waals surface area contributed by atoms with E-state index in [1.807, 2.05) is 38.1 Å². The van der Waals surface area contributed by atoms with E-state index in [1.54, 1.807) is 13.2 Å². The second kappa shape index (κ2) is 8.71. The molecule has 6 nitrogen and oxygen atoms in total. The maximum atomic E-state index is 11.7. The normalized spacial score (nSPS) is 12.2.